The van der Waals surface area contributed by atoms with Crippen molar-refractivity contribution in [3.05, 3.63) is 41.2 Å². The minimum Gasteiger partial charge on any atom is -0.475 e. The van der Waals surface area contributed by atoms with Crippen molar-refractivity contribution in [3.8, 4) is 0 Å². The van der Waals surface area contributed by atoms with Crippen molar-refractivity contribution >= 4 is 17.8 Å². The van der Waals surface area contributed by atoms with Gasteiger partial charge in [-0.3, -0.25) is 4.79 Å². The summed E-state index contributed by atoms with van der Waals surface area (Å²) in [6.45, 7) is 1.67. The lowest BCUT2D eigenvalue weighted by Gasteiger charge is -1.98. The molecule has 0 aliphatic rings. The molecule has 0 saturated carbocycles. The lowest BCUT2D eigenvalue weighted by Crippen LogP contribution is -2.08. The van der Waals surface area contributed by atoms with Gasteiger partial charge in [0.2, 0.25) is 0 Å². The molecule has 15 heavy (non-hydrogen) atoms. The fourth-order valence-corrected chi connectivity index (χ4v) is 1.06. The summed E-state index contributed by atoms with van der Waals surface area (Å²) in [5, 5.41) is 8.31. The van der Waals surface area contributed by atoms with Crippen LogP contribution in [0.15, 0.2) is 24.3 Å². The van der Waals surface area contributed by atoms with Crippen LogP contribution in [0, 0.1) is 12.7 Å². The smallest absolute Gasteiger partial charge is 0.376 e. The van der Waals surface area contributed by atoms with Crippen LogP contribution in [0.5, 0.6) is 0 Å². The third-order valence-electron chi connectivity index (χ3n) is 1.86. The van der Waals surface area contributed by atoms with Crippen molar-refractivity contribution in [2.24, 2.45) is 0 Å². The lowest BCUT2D eigenvalue weighted by atomic mass is 10.1. The van der Waals surface area contributed by atoms with Crippen LogP contribution >= 0.6 is 0 Å². The maximum atomic E-state index is 12.7. The summed E-state index contributed by atoms with van der Waals surface area (Å²) in [5.41, 5.74) is 1.26. The Morgan fingerprint density at radius 2 is 2.07 bits per heavy atom. The van der Waals surface area contributed by atoms with Gasteiger partial charge >= 0.3 is 5.97 Å². The van der Waals surface area contributed by atoms with E-state index in [0.29, 0.717) is 11.1 Å². The van der Waals surface area contributed by atoms with Gasteiger partial charge in [-0.1, -0.05) is 12.1 Å². The molecule has 3 nitrogen and oxygen atoms in total. The summed E-state index contributed by atoms with van der Waals surface area (Å²) in [6.07, 6.45) is 2.30. The summed E-state index contributed by atoms with van der Waals surface area (Å²) in [6, 6.07) is 4.04. The van der Waals surface area contributed by atoms with Crippen LogP contribution in [-0.4, -0.2) is 16.9 Å². The largest absolute Gasteiger partial charge is 0.475 e. The molecule has 0 spiro atoms. The predicted octanol–water partition coefficient (Wildman–Crippen LogP) is 1.80. The van der Waals surface area contributed by atoms with Gasteiger partial charge in [0.1, 0.15) is 5.82 Å². The number of halogens is 1. The van der Waals surface area contributed by atoms with Gasteiger partial charge in [-0.2, -0.15) is 0 Å². The van der Waals surface area contributed by atoms with Crippen LogP contribution in [0.4, 0.5) is 4.39 Å². The third-order valence-corrected chi connectivity index (χ3v) is 1.86. The highest BCUT2D eigenvalue weighted by molar-refractivity contribution is 6.38. The minimum absolute atomic E-state index is 0.366. The average molecular weight is 208 g/mol. The zero-order chi connectivity index (χ0) is 11.4. The molecule has 0 amide bonds. The van der Waals surface area contributed by atoms with Crippen molar-refractivity contribution < 1.29 is 19.1 Å². The zero-order valence-electron chi connectivity index (χ0n) is 8.03. The highest BCUT2D eigenvalue weighted by Crippen LogP contribution is 2.11. The van der Waals surface area contributed by atoms with Crippen LogP contribution < -0.4 is 0 Å². The van der Waals surface area contributed by atoms with E-state index in [1.165, 1.54) is 24.3 Å². The highest BCUT2D eigenvalue weighted by atomic mass is 19.1. The average Bonchev–Trinajstić information content (AvgIpc) is 2.15. The fraction of sp³-hybridized carbons (Fsp3) is 0.0909. The van der Waals surface area contributed by atoms with Crippen molar-refractivity contribution in [1.82, 2.24) is 0 Å². The number of hydrogen-bond acceptors (Lipinski definition) is 2. The molecule has 0 heterocycles. The number of ketones is 1. The standard InChI is InChI=1S/C11H9FO3/c1-7-6-9(12)4-2-8(7)3-5-10(13)11(14)15/h2-6H,1H3,(H,14,15)/b5-3+. The predicted molar refractivity (Wildman–Crippen MR) is 52.8 cm³/mol. The minimum atomic E-state index is -1.51. The molecule has 1 aromatic rings. The van der Waals surface area contributed by atoms with E-state index >= 15 is 0 Å². The molecule has 0 fully saturated rings. The monoisotopic (exact) mass is 208 g/mol. The second-order valence-corrected chi connectivity index (χ2v) is 3.00. The molecule has 1 aromatic carbocycles. The van der Waals surface area contributed by atoms with Crippen LogP contribution in [-0.2, 0) is 9.59 Å². The van der Waals surface area contributed by atoms with Gasteiger partial charge in [0.05, 0.1) is 0 Å². The normalized spacial score (nSPS) is 10.5. The number of carboxylic acid groups (broad SMARTS) is 1. The maximum absolute atomic E-state index is 12.7. The molecule has 0 aliphatic heterocycles. The van der Waals surface area contributed by atoms with E-state index in [-0.39, 0.29) is 5.82 Å². The molecule has 4 heteroatoms. The summed E-state index contributed by atoms with van der Waals surface area (Å²) in [7, 11) is 0. The number of benzene rings is 1. The summed E-state index contributed by atoms with van der Waals surface area (Å²) >= 11 is 0. The Morgan fingerprint density at radius 3 is 2.60 bits per heavy atom. The Hall–Kier alpha value is -1.97. The van der Waals surface area contributed by atoms with Crippen LogP contribution in [0.2, 0.25) is 0 Å². The number of carbonyl (C=O) groups excluding carboxylic acids is 1. The van der Waals surface area contributed by atoms with E-state index in [1.807, 2.05) is 0 Å². The maximum Gasteiger partial charge on any atom is 0.376 e. The molecule has 78 valence electrons. The van der Waals surface area contributed by atoms with Crippen LogP contribution in [0.1, 0.15) is 11.1 Å². The molecular weight excluding hydrogens is 199 g/mol. The Bertz CT molecular complexity index is 435. The summed E-state index contributed by atoms with van der Waals surface area (Å²) in [5.74, 6) is -2.88. The van der Waals surface area contributed by atoms with Crippen molar-refractivity contribution in [2.75, 3.05) is 0 Å². The summed E-state index contributed by atoms with van der Waals surface area (Å²) < 4.78 is 12.7. The second kappa shape index (κ2) is 4.50. The molecule has 0 saturated heterocycles. The first-order valence-corrected chi connectivity index (χ1v) is 4.22. The van der Waals surface area contributed by atoms with Crippen LogP contribution in [0.3, 0.4) is 0 Å². The number of aryl methyl sites for hydroxylation is 1. The van der Waals surface area contributed by atoms with Gasteiger partial charge in [0.25, 0.3) is 5.78 Å². The zero-order valence-corrected chi connectivity index (χ0v) is 8.03. The van der Waals surface area contributed by atoms with E-state index in [2.05, 4.69) is 0 Å². The topological polar surface area (TPSA) is 54.4 Å². The molecular formula is C11H9FO3. The third kappa shape index (κ3) is 3.02. The molecule has 0 bridgehead atoms. The van der Waals surface area contributed by atoms with Crippen molar-refractivity contribution in [2.45, 2.75) is 6.92 Å². The fourth-order valence-electron chi connectivity index (χ4n) is 1.06. The van der Waals surface area contributed by atoms with E-state index in [9.17, 15) is 14.0 Å². The van der Waals surface area contributed by atoms with Crippen LogP contribution in [0.25, 0.3) is 6.08 Å². The molecule has 1 N–H and O–H groups in total. The SMILES string of the molecule is Cc1cc(F)ccc1/C=C/C(=O)C(=O)O. The molecule has 1 rings (SSSR count). The number of rotatable bonds is 3. The Labute approximate surface area is 85.8 Å². The molecule has 0 radical (unpaired) electrons. The molecule has 0 atom stereocenters. The van der Waals surface area contributed by atoms with Gasteiger partial charge in [-0.05, 0) is 36.3 Å². The lowest BCUT2D eigenvalue weighted by molar-refractivity contribution is -0.146. The Morgan fingerprint density at radius 1 is 1.40 bits per heavy atom. The summed E-state index contributed by atoms with van der Waals surface area (Å²) in [4.78, 5) is 20.9. The van der Waals surface area contributed by atoms with Gasteiger partial charge in [-0.25, -0.2) is 9.18 Å². The number of carbonyl (C=O) groups is 2. The van der Waals surface area contributed by atoms with E-state index in [4.69, 9.17) is 5.11 Å². The molecule has 0 aromatic heterocycles. The first-order valence-electron chi connectivity index (χ1n) is 4.22. The molecule has 0 aliphatic carbocycles. The van der Waals surface area contributed by atoms with Crippen molar-refractivity contribution in [1.29, 1.82) is 0 Å². The van der Waals surface area contributed by atoms with Gasteiger partial charge in [0, 0.05) is 0 Å². The Kier molecular flexibility index (Phi) is 3.33. The number of aliphatic carboxylic acids is 1. The van der Waals surface area contributed by atoms with E-state index in [1.54, 1.807) is 6.92 Å². The highest BCUT2D eigenvalue weighted by Gasteiger charge is 2.06. The number of carboxylic acids is 1. The second-order valence-electron chi connectivity index (χ2n) is 3.00. The first kappa shape index (κ1) is 11.1. The van der Waals surface area contributed by atoms with E-state index < -0.39 is 11.8 Å². The molecule has 0 unspecified atom stereocenters. The first-order chi connectivity index (χ1) is 7.00. The van der Waals surface area contributed by atoms with Gasteiger partial charge in [0.15, 0.2) is 0 Å². The van der Waals surface area contributed by atoms with Crippen molar-refractivity contribution in [3.63, 3.8) is 0 Å². The van der Waals surface area contributed by atoms with Gasteiger partial charge in [-0.15, -0.1) is 0 Å². The number of hydrogen-bond donors (Lipinski definition) is 1. The van der Waals surface area contributed by atoms with E-state index in [0.717, 1.165) is 6.08 Å². The van der Waals surface area contributed by atoms with Gasteiger partial charge < -0.3 is 5.11 Å². The Balaban J connectivity index is 2.90. The quantitative estimate of drug-likeness (QED) is 0.608.